The van der Waals surface area contributed by atoms with Crippen molar-refractivity contribution in [1.29, 1.82) is 0 Å². The molecule has 1 aromatic carbocycles. The Morgan fingerprint density at radius 3 is 2.57 bits per heavy atom. The zero-order chi connectivity index (χ0) is 33.2. The van der Waals surface area contributed by atoms with Crippen molar-refractivity contribution in [2.45, 2.75) is 69.3 Å². The summed E-state index contributed by atoms with van der Waals surface area (Å²) >= 11 is 12.2. The summed E-state index contributed by atoms with van der Waals surface area (Å²) in [6.45, 7) is 4.77. The molecule has 5 rings (SSSR count). The third-order valence-electron chi connectivity index (χ3n) is 6.77. The number of ether oxygens (including phenoxy) is 6. The van der Waals surface area contributed by atoms with Gasteiger partial charge in [0.2, 0.25) is 5.28 Å². The predicted molar refractivity (Wildman–Crippen MR) is 155 cm³/mol. The molecule has 4 heterocycles. The van der Waals surface area contributed by atoms with Gasteiger partial charge in [0, 0.05) is 18.9 Å². The fourth-order valence-electron chi connectivity index (χ4n) is 5.03. The summed E-state index contributed by atoms with van der Waals surface area (Å²) < 4.78 is 78.4. The van der Waals surface area contributed by atoms with E-state index in [9.17, 15) is 18.0 Å². The highest BCUT2D eigenvalue weighted by molar-refractivity contribution is 6.30. The lowest BCUT2D eigenvalue weighted by Gasteiger charge is -2.49. The molecule has 13 nitrogen and oxygen atoms in total. The van der Waals surface area contributed by atoms with Crippen LogP contribution in [-0.4, -0.2) is 76.3 Å². The van der Waals surface area contributed by atoms with Gasteiger partial charge in [0.05, 0.1) is 23.4 Å². The minimum absolute atomic E-state index is 0.0171. The number of carbonyl (C=O) groups is 1. The van der Waals surface area contributed by atoms with Gasteiger partial charge in [-0.15, -0.1) is 5.10 Å². The van der Waals surface area contributed by atoms with Crippen molar-refractivity contribution in [3.63, 3.8) is 0 Å². The Hall–Kier alpha value is -3.09. The second-order valence-corrected chi connectivity index (χ2v) is 12.1. The van der Waals surface area contributed by atoms with Crippen LogP contribution >= 0.6 is 23.2 Å². The molecule has 0 bridgehead atoms. The lowest BCUT2D eigenvalue weighted by atomic mass is 9.91. The maximum Gasteiger partial charge on any atom is 0.435 e. The summed E-state index contributed by atoms with van der Waals surface area (Å²) in [6, 6.07) is 9.20. The summed E-state index contributed by atoms with van der Waals surface area (Å²) in [6.07, 6.45) is -9.79. The molecule has 0 aliphatic carbocycles. The molecule has 2 saturated heterocycles. The van der Waals surface area contributed by atoms with Crippen LogP contribution in [0.5, 0.6) is 0 Å². The number of hydrazine groups is 1. The smallest absolute Gasteiger partial charge is 0.435 e. The van der Waals surface area contributed by atoms with Gasteiger partial charge in [-0.2, -0.15) is 18.2 Å². The minimum atomic E-state index is -4.89. The molecule has 1 unspecified atom stereocenters. The third kappa shape index (κ3) is 7.88. The Morgan fingerprint density at radius 1 is 1.15 bits per heavy atom. The molecule has 2 aromatic heterocycles. The van der Waals surface area contributed by atoms with Gasteiger partial charge in [0.1, 0.15) is 36.8 Å². The first-order valence-corrected chi connectivity index (χ1v) is 14.7. The number of hydrogen-bond acceptors (Lipinski definition) is 11. The molecule has 0 saturated carbocycles. The van der Waals surface area contributed by atoms with E-state index in [-0.39, 0.29) is 24.2 Å². The number of amides is 1. The SMILES string of the molecule is COCO[C@@H]1[C@@H](NNC(=O)OC(C)(C)C)[C@H]2OC(c3ccccc3)OC[C@H]2O[C@H]1c1nc(Cl)nn1-c1cc(Cl)cnc1C(F)(F)F. The molecule has 46 heavy (non-hydrogen) atoms. The van der Waals surface area contributed by atoms with Crippen molar-refractivity contribution in [3.8, 4) is 5.69 Å². The van der Waals surface area contributed by atoms with Gasteiger partial charge < -0.3 is 28.4 Å². The molecular weight excluding hydrogens is 660 g/mol. The van der Waals surface area contributed by atoms with Crippen LogP contribution < -0.4 is 10.9 Å². The Labute approximate surface area is 271 Å². The van der Waals surface area contributed by atoms with Crippen LogP contribution in [0, 0.1) is 0 Å². The first kappa shape index (κ1) is 34.3. The van der Waals surface area contributed by atoms with Crippen LogP contribution in [0.4, 0.5) is 18.0 Å². The zero-order valence-electron chi connectivity index (χ0n) is 25.0. The number of nitrogens with zero attached hydrogens (tertiary/aromatic N) is 4. The Balaban J connectivity index is 1.57. The molecule has 1 amide bonds. The number of alkyl halides is 3. The van der Waals surface area contributed by atoms with Crippen LogP contribution in [0.3, 0.4) is 0 Å². The molecule has 18 heteroatoms. The average Bonchev–Trinajstić information content (AvgIpc) is 3.38. The maximum atomic E-state index is 14.1. The number of fused-ring (bicyclic) bond motifs is 1. The molecule has 2 aliphatic rings. The summed E-state index contributed by atoms with van der Waals surface area (Å²) in [5.41, 5.74) is 3.48. The largest absolute Gasteiger partial charge is 0.443 e. The van der Waals surface area contributed by atoms with Gasteiger partial charge in [-0.1, -0.05) is 41.9 Å². The predicted octanol–water partition coefficient (Wildman–Crippen LogP) is 4.93. The van der Waals surface area contributed by atoms with E-state index in [2.05, 4.69) is 25.9 Å². The van der Waals surface area contributed by atoms with Crippen LogP contribution in [0.2, 0.25) is 10.3 Å². The standard InChI is InChI=1S/C28H31Cl2F3N6O7/c1-27(2,3)46-26(40)37-36-18-19-17(12-42-24(45-19)14-8-6-5-7-9-14)44-21(20(18)43-13-41-4)23-35-25(30)38-39(23)16-10-15(29)11-34-22(16)28(31,32)33/h5-11,17-21,24,36H,12-13H2,1-4H3,(H,37,40)/t17-,18+,19+,20-,21-,24?/m1/s1. The van der Waals surface area contributed by atoms with Gasteiger partial charge >= 0.3 is 12.3 Å². The second-order valence-electron chi connectivity index (χ2n) is 11.3. The van der Waals surface area contributed by atoms with Gasteiger partial charge in [0.15, 0.2) is 17.8 Å². The number of rotatable bonds is 8. The Kier molecular flexibility index (Phi) is 10.4. The van der Waals surface area contributed by atoms with E-state index >= 15 is 0 Å². The van der Waals surface area contributed by atoms with E-state index in [0.717, 1.165) is 22.5 Å². The number of pyridine rings is 1. The normalized spacial score (nSPS) is 25.2. The van der Waals surface area contributed by atoms with Crippen molar-refractivity contribution >= 4 is 29.3 Å². The Bertz CT molecular complexity index is 1510. The number of aromatic nitrogens is 4. The summed E-state index contributed by atoms with van der Waals surface area (Å²) in [7, 11) is 1.38. The van der Waals surface area contributed by atoms with Crippen molar-refractivity contribution in [2.24, 2.45) is 0 Å². The zero-order valence-corrected chi connectivity index (χ0v) is 26.5. The fraction of sp³-hybridized carbons (Fsp3) is 0.500. The average molecular weight is 691 g/mol. The number of carbonyl (C=O) groups excluding carboxylic acids is 1. The number of benzene rings is 1. The Morgan fingerprint density at radius 2 is 1.89 bits per heavy atom. The molecule has 2 aliphatic heterocycles. The number of methoxy groups -OCH3 is 1. The summed E-state index contributed by atoms with van der Waals surface area (Å²) in [4.78, 5) is 20.4. The monoisotopic (exact) mass is 690 g/mol. The van der Waals surface area contributed by atoms with E-state index in [1.807, 2.05) is 30.3 Å². The first-order valence-electron chi connectivity index (χ1n) is 13.9. The minimum Gasteiger partial charge on any atom is -0.443 e. The first-order chi connectivity index (χ1) is 21.7. The quantitative estimate of drug-likeness (QED) is 0.246. The van der Waals surface area contributed by atoms with Gasteiger partial charge in [-0.25, -0.2) is 19.9 Å². The molecule has 6 atom stereocenters. The van der Waals surface area contributed by atoms with Crippen molar-refractivity contribution in [1.82, 2.24) is 30.6 Å². The topological polar surface area (TPSA) is 140 Å². The second kappa shape index (κ2) is 13.9. The van der Waals surface area contributed by atoms with E-state index in [0.29, 0.717) is 0 Å². The molecule has 250 valence electrons. The van der Waals surface area contributed by atoms with Gasteiger partial charge in [-0.05, 0) is 38.4 Å². The fourth-order valence-corrected chi connectivity index (χ4v) is 5.34. The molecular formula is C28H31Cl2F3N6O7. The lowest BCUT2D eigenvalue weighted by molar-refractivity contribution is -0.320. The molecule has 2 N–H and O–H groups in total. The van der Waals surface area contributed by atoms with Crippen LogP contribution in [0.25, 0.3) is 5.69 Å². The van der Waals surface area contributed by atoms with E-state index in [4.69, 9.17) is 51.6 Å². The van der Waals surface area contributed by atoms with E-state index in [1.165, 1.54) is 7.11 Å². The van der Waals surface area contributed by atoms with E-state index < -0.39 is 71.3 Å². The summed E-state index contributed by atoms with van der Waals surface area (Å²) in [5, 5.41) is 3.52. The number of nitrogens with one attached hydrogen (secondary N) is 2. The highest BCUT2D eigenvalue weighted by atomic mass is 35.5. The van der Waals surface area contributed by atoms with E-state index in [1.54, 1.807) is 20.8 Å². The number of hydrogen-bond donors (Lipinski definition) is 2. The van der Waals surface area contributed by atoms with Gasteiger partial charge in [0.25, 0.3) is 0 Å². The van der Waals surface area contributed by atoms with Crippen molar-refractivity contribution < 1.29 is 46.4 Å². The summed E-state index contributed by atoms with van der Waals surface area (Å²) in [5.74, 6) is -0.187. The molecule has 3 aromatic rings. The maximum absolute atomic E-state index is 14.1. The highest BCUT2D eigenvalue weighted by Gasteiger charge is 2.53. The van der Waals surface area contributed by atoms with Crippen molar-refractivity contribution in [3.05, 3.63) is 70.0 Å². The number of halogens is 5. The molecule has 2 fully saturated rings. The van der Waals surface area contributed by atoms with Crippen LogP contribution in [-0.2, 0) is 34.6 Å². The van der Waals surface area contributed by atoms with Crippen LogP contribution in [0.15, 0.2) is 42.6 Å². The lowest BCUT2D eigenvalue weighted by Crippen LogP contribution is -2.67. The molecule has 0 radical (unpaired) electrons. The van der Waals surface area contributed by atoms with Crippen molar-refractivity contribution in [2.75, 3.05) is 20.5 Å². The molecule has 0 spiro atoms. The third-order valence-corrected chi connectivity index (χ3v) is 7.14. The van der Waals surface area contributed by atoms with Crippen LogP contribution in [0.1, 0.15) is 50.2 Å². The van der Waals surface area contributed by atoms with Gasteiger partial charge in [-0.3, -0.25) is 5.43 Å². The highest BCUT2D eigenvalue weighted by Crippen LogP contribution is 2.42.